The molecule has 40 heavy (non-hydrogen) atoms. The Morgan fingerprint density at radius 2 is 1.50 bits per heavy atom. The smallest absolute Gasteiger partial charge is 0.264 e. The number of rotatable bonds is 12. The highest BCUT2D eigenvalue weighted by atomic mass is 32.2. The zero-order valence-corrected chi connectivity index (χ0v) is 24.1. The number of anilines is 1. The maximum Gasteiger partial charge on any atom is 0.264 e. The van der Waals surface area contributed by atoms with Crippen molar-refractivity contribution in [3.8, 4) is 0 Å². The van der Waals surface area contributed by atoms with E-state index in [9.17, 15) is 18.0 Å². The number of benzene rings is 3. The minimum atomic E-state index is -4.05. The molecule has 212 valence electrons. The molecular formula is C32H39N3O4S. The van der Waals surface area contributed by atoms with E-state index in [0.717, 1.165) is 41.1 Å². The van der Waals surface area contributed by atoms with Crippen molar-refractivity contribution in [3.05, 3.63) is 96.1 Å². The Hall–Kier alpha value is -3.65. The van der Waals surface area contributed by atoms with Crippen molar-refractivity contribution in [1.82, 2.24) is 10.2 Å². The summed E-state index contributed by atoms with van der Waals surface area (Å²) in [5, 5.41) is 3.15. The topological polar surface area (TPSA) is 86.8 Å². The van der Waals surface area contributed by atoms with Gasteiger partial charge in [0.25, 0.3) is 10.0 Å². The molecule has 1 saturated carbocycles. The van der Waals surface area contributed by atoms with Crippen LogP contribution in [0.4, 0.5) is 5.69 Å². The number of sulfonamides is 1. The molecule has 0 bridgehead atoms. The SMILES string of the molecule is CC[C@@H](C(=O)NC1CCCC1)N(CCc1ccccc1)C(=O)CN(c1ccc(C)cc1)S(=O)(=O)c1ccccc1. The summed E-state index contributed by atoms with van der Waals surface area (Å²) in [5.41, 5.74) is 2.42. The van der Waals surface area contributed by atoms with Crippen LogP contribution in [0.15, 0.2) is 89.8 Å². The second-order valence-corrected chi connectivity index (χ2v) is 12.3. The molecule has 4 rings (SSSR count). The van der Waals surface area contributed by atoms with E-state index in [1.54, 1.807) is 35.2 Å². The molecule has 0 aliphatic heterocycles. The normalized spacial score (nSPS) is 14.4. The van der Waals surface area contributed by atoms with Gasteiger partial charge in [-0.3, -0.25) is 13.9 Å². The Bertz CT molecular complexity index is 1360. The fraction of sp³-hybridized carbons (Fsp3) is 0.375. The Labute approximate surface area is 238 Å². The molecule has 1 aliphatic carbocycles. The molecule has 0 unspecified atom stereocenters. The Kier molecular flexibility index (Phi) is 9.98. The fourth-order valence-electron chi connectivity index (χ4n) is 5.22. The number of amides is 2. The standard InChI is InChI=1S/C32H39N3O4S/c1-3-30(32(37)33-27-14-10-11-15-27)34(23-22-26-12-6-4-7-13-26)31(36)24-35(28-20-18-25(2)19-21-28)40(38,39)29-16-8-5-9-17-29/h4-9,12-13,16-21,27,30H,3,10-11,14-15,22-24H2,1-2H3,(H,33,37)/t30-/m0/s1. The second kappa shape index (κ2) is 13.6. The minimum absolute atomic E-state index is 0.102. The van der Waals surface area contributed by atoms with Crippen molar-refractivity contribution in [2.24, 2.45) is 0 Å². The van der Waals surface area contributed by atoms with Crippen LogP contribution >= 0.6 is 0 Å². The summed E-state index contributed by atoms with van der Waals surface area (Å²) >= 11 is 0. The van der Waals surface area contributed by atoms with Gasteiger partial charge < -0.3 is 10.2 Å². The van der Waals surface area contributed by atoms with Crippen LogP contribution in [0.2, 0.25) is 0 Å². The van der Waals surface area contributed by atoms with Gasteiger partial charge in [0, 0.05) is 12.6 Å². The molecule has 8 heteroatoms. The minimum Gasteiger partial charge on any atom is -0.352 e. The van der Waals surface area contributed by atoms with Crippen molar-refractivity contribution in [1.29, 1.82) is 0 Å². The molecule has 1 atom stereocenters. The third-order valence-corrected chi connectivity index (χ3v) is 9.29. The molecule has 0 radical (unpaired) electrons. The average molecular weight is 562 g/mol. The third-order valence-electron chi connectivity index (χ3n) is 7.50. The van der Waals surface area contributed by atoms with Crippen molar-refractivity contribution in [2.45, 2.75) is 69.4 Å². The molecule has 3 aromatic carbocycles. The highest BCUT2D eigenvalue weighted by Crippen LogP contribution is 2.25. The van der Waals surface area contributed by atoms with Crippen LogP contribution in [0.25, 0.3) is 0 Å². The van der Waals surface area contributed by atoms with Crippen LogP contribution in [-0.4, -0.2) is 50.3 Å². The highest BCUT2D eigenvalue weighted by molar-refractivity contribution is 7.92. The molecule has 0 heterocycles. The van der Waals surface area contributed by atoms with E-state index < -0.39 is 28.5 Å². The molecule has 1 aliphatic rings. The number of hydrogen-bond acceptors (Lipinski definition) is 4. The van der Waals surface area contributed by atoms with E-state index in [0.29, 0.717) is 25.1 Å². The summed E-state index contributed by atoms with van der Waals surface area (Å²) in [5.74, 6) is -0.590. The zero-order valence-electron chi connectivity index (χ0n) is 23.3. The number of nitrogens with one attached hydrogen (secondary N) is 1. The van der Waals surface area contributed by atoms with E-state index in [2.05, 4.69) is 5.32 Å². The Balaban J connectivity index is 1.65. The largest absolute Gasteiger partial charge is 0.352 e. The molecular weight excluding hydrogens is 522 g/mol. The van der Waals surface area contributed by atoms with Gasteiger partial charge >= 0.3 is 0 Å². The van der Waals surface area contributed by atoms with Crippen molar-refractivity contribution in [2.75, 3.05) is 17.4 Å². The molecule has 7 nitrogen and oxygen atoms in total. The van der Waals surface area contributed by atoms with Crippen LogP contribution in [0.5, 0.6) is 0 Å². The quantitative estimate of drug-likeness (QED) is 0.333. The van der Waals surface area contributed by atoms with E-state index in [1.165, 1.54) is 12.1 Å². The van der Waals surface area contributed by atoms with E-state index in [4.69, 9.17) is 0 Å². The Morgan fingerprint density at radius 3 is 2.10 bits per heavy atom. The molecule has 3 aromatic rings. The fourth-order valence-corrected chi connectivity index (χ4v) is 6.66. The summed E-state index contributed by atoms with van der Waals surface area (Å²) in [4.78, 5) is 29.2. The van der Waals surface area contributed by atoms with Gasteiger partial charge in [-0.05, 0) is 62.4 Å². The lowest BCUT2D eigenvalue weighted by atomic mass is 10.1. The van der Waals surface area contributed by atoms with Crippen molar-refractivity contribution < 1.29 is 18.0 Å². The second-order valence-electron chi connectivity index (χ2n) is 10.4. The lowest BCUT2D eigenvalue weighted by molar-refractivity contribution is -0.139. The number of nitrogens with zero attached hydrogens (tertiary/aromatic N) is 2. The summed E-state index contributed by atoms with van der Waals surface area (Å²) in [7, 11) is -4.05. The van der Waals surface area contributed by atoms with Gasteiger partial charge in [0.2, 0.25) is 11.8 Å². The first-order valence-corrected chi connectivity index (χ1v) is 15.5. The number of hydrogen-bond donors (Lipinski definition) is 1. The average Bonchev–Trinajstić information content (AvgIpc) is 3.48. The van der Waals surface area contributed by atoms with Gasteiger partial charge in [-0.1, -0.05) is 86.0 Å². The van der Waals surface area contributed by atoms with Gasteiger partial charge in [-0.25, -0.2) is 8.42 Å². The number of aryl methyl sites for hydroxylation is 1. The third kappa shape index (κ3) is 7.30. The predicted octanol–water partition coefficient (Wildman–Crippen LogP) is 5.10. The maximum atomic E-state index is 14.1. The van der Waals surface area contributed by atoms with E-state index in [1.807, 2.05) is 56.3 Å². The van der Waals surface area contributed by atoms with Crippen molar-refractivity contribution >= 4 is 27.5 Å². The number of carbonyl (C=O) groups excluding carboxylic acids is 2. The van der Waals surface area contributed by atoms with E-state index >= 15 is 0 Å². The molecule has 0 aromatic heterocycles. The highest BCUT2D eigenvalue weighted by Gasteiger charge is 2.34. The molecule has 2 amide bonds. The predicted molar refractivity (Wildman–Crippen MR) is 158 cm³/mol. The first-order valence-electron chi connectivity index (χ1n) is 14.1. The zero-order chi connectivity index (χ0) is 28.5. The first-order chi connectivity index (χ1) is 19.3. The van der Waals surface area contributed by atoms with E-state index in [-0.39, 0.29) is 16.8 Å². The van der Waals surface area contributed by atoms with Gasteiger partial charge in [0.15, 0.2) is 0 Å². The molecule has 0 saturated heterocycles. The van der Waals surface area contributed by atoms with Crippen LogP contribution in [0, 0.1) is 6.92 Å². The van der Waals surface area contributed by atoms with Gasteiger partial charge in [-0.2, -0.15) is 0 Å². The van der Waals surface area contributed by atoms with Gasteiger partial charge in [-0.15, -0.1) is 0 Å². The summed E-state index contributed by atoms with van der Waals surface area (Å²) in [6, 6.07) is 24.4. The summed E-state index contributed by atoms with van der Waals surface area (Å²) in [6.07, 6.45) is 5.03. The number of carbonyl (C=O) groups is 2. The lowest BCUT2D eigenvalue weighted by Gasteiger charge is -2.33. The Morgan fingerprint density at radius 1 is 0.900 bits per heavy atom. The van der Waals surface area contributed by atoms with Gasteiger partial charge in [0.1, 0.15) is 12.6 Å². The molecule has 1 fully saturated rings. The lowest BCUT2D eigenvalue weighted by Crippen LogP contribution is -2.54. The maximum absolute atomic E-state index is 14.1. The first kappa shape index (κ1) is 29.3. The molecule has 1 N–H and O–H groups in total. The van der Waals surface area contributed by atoms with Gasteiger partial charge in [0.05, 0.1) is 10.6 Å². The van der Waals surface area contributed by atoms with Crippen LogP contribution in [-0.2, 0) is 26.0 Å². The van der Waals surface area contributed by atoms with Crippen molar-refractivity contribution in [3.63, 3.8) is 0 Å². The monoisotopic (exact) mass is 561 g/mol. The summed E-state index contributed by atoms with van der Waals surface area (Å²) in [6.45, 7) is 3.69. The molecule has 0 spiro atoms. The van der Waals surface area contributed by atoms with Crippen LogP contribution in [0.1, 0.15) is 50.2 Å². The van der Waals surface area contributed by atoms with Crippen LogP contribution in [0.3, 0.4) is 0 Å². The summed E-state index contributed by atoms with van der Waals surface area (Å²) < 4.78 is 28.8. The van der Waals surface area contributed by atoms with Crippen LogP contribution < -0.4 is 9.62 Å².